The van der Waals surface area contributed by atoms with Gasteiger partial charge in [-0.25, -0.2) is 0 Å². The molecule has 0 aromatic carbocycles. The highest BCUT2D eigenvalue weighted by Gasteiger charge is 2.19. The van der Waals surface area contributed by atoms with E-state index in [9.17, 15) is 4.79 Å². The number of rotatable bonds is 2. The minimum absolute atomic E-state index is 0.420. The Balaban J connectivity index is 2.32. The van der Waals surface area contributed by atoms with E-state index in [2.05, 4.69) is 11.9 Å². The first kappa shape index (κ1) is 8.53. The van der Waals surface area contributed by atoms with Crippen molar-refractivity contribution in [1.29, 1.82) is 0 Å². The first-order valence-corrected chi connectivity index (χ1v) is 4.03. The zero-order valence-corrected chi connectivity index (χ0v) is 7.21. The van der Waals surface area contributed by atoms with Crippen LogP contribution in [0.25, 0.3) is 0 Å². The van der Waals surface area contributed by atoms with Crippen LogP contribution in [0.4, 0.5) is 0 Å². The van der Waals surface area contributed by atoms with Gasteiger partial charge in [0.2, 0.25) is 0 Å². The first-order chi connectivity index (χ1) is 5.24. The number of likely N-dealkylation sites (tertiary alicyclic amines) is 1. The van der Waals surface area contributed by atoms with E-state index in [1.54, 1.807) is 4.90 Å². The van der Waals surface area contributed by atoms with Gasteiger partial charge in [-0.1, -0.05) is 0 Å². The average molecular weight is 155 g/mol. The zero-order valence-electron chi connectivity index (χ0n) is 7.21. The lowest BCUT2D eigenvalue weighted by Gasteiger charge is -2.32. The van der Waals surface area contributed by atoms with Crippen molar-refractivity contribution in [3.8, 4) is 0 Å². The monoisotopic (exact) mass is 155 g/mol. The van der Waals surface area contributed by atoms with Crippen LogP contribution in [-0.4, -0.2) is 49.4 Å². The zero-order chi connectivity index (χ0) is 8.27. The van der Waals surface area contributed by atoms with E-state index in [1.165, 1.54) is 0 Å². The number of nitrogens with zero attached hydrogens (tertiary/aromatic N) is 2. The fourth-order valence-corrected chi connectivity index (χ4v) is 1.46. The summed E-state index contributed by atoms with van der Waals surface area (Å²) in [6.45, 7) is 2.19. The molecular formula is C8H15N2O. The minimum atomic E-state index is 0.420. The molecule has 3 heteroatoms. The molecule has 0 spiro atoms. The maximum absolute atomic E-state index is 10.3. The molecule has 0 aromatic heterocycles. The normalized spacial score (nSPS) is 21.6. The van der Waals surface area contributed by atoms with Crippen LogP contribution in [-0.2, 0) is 4.79 Å². The summed E-state index contributed by atoms with van der Waals surface area (Å²) in [6, 6.07) is 0.420. The van der Waals surface area contributed by atoms with Gasteiger partial charge in [-0.2, -0.15) is 0 Å². The fourth-order valence-electron chi connectivity index (χ4n) is 1.46. The lowest BCUT2D eigenvalue weighted by molar-refractivity contribution is 0.189. The quantitative estimate of drug-likeness (QED) is 0.527. The molecule has 3 nitrogen and oxygen atoms in total. The Labute approximate surface area is 68.0 Å². The summed E-state index contributed by atoms with van der Waals surface area (Å²) in [5, 5.41) is 0. The van der Waals surface area contributed by atoms with Crippen LogP contribution in [0.5, 0.6) is 0 Å². The number of hydrogen-bond donors (Lipinski definition) is 0. The van der Waals surface area contributed by atoms with Crippen molar-refractivity contribution in [3.63, 3.8) is 0 Å². The van der Waals surface area contributed by atoms with Crippen molar-refractivity contribution in [3.05, 3.63) is 0 Å². The molecule has 1 fully saturated rings. The van der Waals surface area contributed by atoms with Gasteiger partial charge in [-0.15, -0.1) is 0 Å². The molecule has 0 atom stereocenters. The van der Waals surface area contributed by atoms with Crippen LogP contribution in [0.15, 0.2) is 0 Å². The van der Waals surface area contributed by atoms with E-state index in [4.69, 9.17) is 0 Å². The van der Waals surface area contributed by atoms with Gasteiger partial charge in [0.25, 0.3) is 0 Å². The third-order valence-electron chi connectivity index (χ3n) is 2.38. The molecule has 0 saturated carbocycles. The molecule has 1 aliphatic rings. The van der Waals surface area contributed by atoms with Crippen LogP contribution in [0, 0.1) is 0 Å². The van der Waals surface area contributed by atoms with Crippen LogP contribution >= 0.6 is 0 Å². The van der Waals surface area contributed by atoms with Crippen LogP contribution in [0.3, 0.4) is 0 Å². The van der Waals surface area contributed by atoms with Crippen LogP contribution in [0.1, 0.15) is 12.8 Å². The number of hydrogen-bond acceptors (Lipinski definition) is 2. The molecule has 0 aliphatic carbocycles. The Hall–Kier alpha value is -0.570. The second kappa shape index (κ2) is 3.72. The summed E-state index contributed by atoms with van der Waals surface area (Å²) in [5.41, 5.74) is 0. The van der Waals surface area contributed by atoms with E-state index in [1.807, 2.05) is 13.5 Å². The van der Waals surface area contributed by atoms with Crippen LogP contribution in [0.2, 0.25) is 0 Å². The Morgan fingerprint density at radius 2 is 2.00 bits per heavy atom. The highest BCUT2D eigenvalue weighted by molar-refractivity contribution is 5.48. The molecule has 63 valence electrons. The van der Waals surface area contributed by atoms with Gasteiger partial charge in [0.05, 0.1) is 0 Å². The van der Waals surface area contributed by atoms with Crippen molar-refractivity contribution in [2.75, 3.05) is 27.2 Å². The van der Waals surface area contributed by atoms with Crippen molar-refractivity contribution >= 4 is 6.41 Å². The van der Waals surface area contributed by atoms with Gasteiger partial charge in [-0.05, 0) is 33.0 Å². The summed E-state index contributed by atoms with van der Waals surface area (Å²) in [5.74, 6) is 0. The van der Waals surface area contributed by atoms with Crippen LogP contribution < -0.4 is 0 Å². The molecule has 1 amide bonds. The largest absolute Gasteiger partial charge is 0.334 e. The third kappa shape index (κ3) is 2.19. The molecule has 1 aliphatic heterocycles. The topological polar surface area (TPSA) is 23.6 Å². The smallest absolute Gasteiger partial charge is 0.312 e. The summed E-state index contributed by atoms with van der Waals surface area (Å²) in [6.07, 6.45) is 4.09. The molecule has 11 heavy (non-hydrogen) atoms. The maximum atomic E-state index is 10.3. The lowest BCUT2D eigenvalue weighted by Crippen LogP contribution is -2.41. The number of amides is 1. The summed E-state index contributed by atoms with van der Waals surface area (Å²) in [7, 11) is 3.92. The second-order valence-electron chi connectivity index (χ2n) is 3.24. The molecule has 0 bridgehead atoms. The Kier molecular flexibility index (Phi) is 2.88. The number of carbonyl (C=O) groups excluding carboxylic acids is 1. The van der Waals surface area contributed by atoms with Gasteiger partial charge >= 0.3 is 6.41 Å². The van der Waals surface area contributed by atoms with E-state index >= 15 is 0 Å². The van der Waals surface area contributed by atoms with Gasteiger partial charge < -0.3 is 9.80 Å². The molecule has 0 aromatic rings. The summed E-state index contributed by atoms with van der Waals surface area (Å²) < 4.78 is 0. The SMILES string of the molecule is CN1CCC(N(C)[C]=O)CC1. The Bertz CT molecular complexity index is 130. The second-order valence-corrected chi connectivity index (χ2v) is 3.24. The van der Waals surface area contributed by atoms with Gasteiger partial charge in [0, 0.05) is 13.1 Å². The highest BCUT2D eigenvalue weighted by atomic mass is 16.1. The predicted octanol–water partition coefficient (Wildman–Crippen LogP) is 0.0796. The Morgan fingerprint density at radius 3 is 2.45 bits per heavy atom. The van der Waals surface area contributed by atoms with E-state index in [0.29, 0.717) is 6.04 Å². The van der Waals surface area contributed by atoms with Gasteiger partial charge in [-0.3, -0.25) is 4.79 Å². The molecule has 1 radical (unpaired) electrons. The number of piperidine rings is 1. The van der Waals surface area contributed by atoms with E-state index < -0.39 is 0 Å². The molecule has 1 heterocycles. The molecule has 0 unspecified atom stereocenters. The average Bonchev–Trinajstić information content (AvgIpc) is 2.05. The fraction of sp³-hybridized carbons (Fsp3) is 0.875. The van der Waals surface area contributed by atoms with Gasteiger partial charge in [0.15, 0.2) is 0 Å². The van der Waals surface area contributed by atoms with Crippen molar-refractivity contribution in [1.82, 2.24) is 9.80 Å². The summed E-state index contributed by atoms with van der Waals surface area (Å²) in [4.78, 5) is 14.2. The predicted molar refractivity (Wildman–Crippen MR) is 44.0 cm³/mol. The lowest BCUT2D eigenvalue weighted by atomic mass is 10.1. The van der Waals surface area contributed by atoms with Crippen molar-refractivity contribution in [2.24, 2.45) is 0 Å². The maximum Gasteiger partial charge on any atom is 0.312 e. The first-order valence-electron chi connectivity index (χ1n) is 4.03. The molecule has 1 saturated heterocycles. The molecule has 0 N–H and O–H groups in total. The van der Waals surface area contributed by atoms with Crippen molar-refractivity contribution < 1.29 is 4.79 Å². The highest BCUT2D eigenvalue weighted by Crippen LogP contribution is 2.12. The summed E-state index contributed by atoms with van der Waals surface area (Å²) >= 11 is 0. The minimum Gasteiger partial charge on any atom is -0.334 e. The molecular weight excluding hydrogens is 140 g/mol. The molecule has 1 rings (SSSR count). The standard InChI is InChI=1S/C8H15N2O/c1-9-5-3-8(4-6-9)10(2)7-11/h8H,3-6H2,1-2H3. The van der Waals surface area contributed by atoms with Gasteiger partial charge in [0.1, 0.15) is 0 Å². The van der Waals surface area contributed by atoms with E-state index in [0.717, 1.165) is 25.9 Å². The van der Waals surface area contributed by atoms with Crippen molar-refractivity contribution in [2.45, 2.75) is 18.9 Å². The Morgan fingerprint density at radius 1 is 1.45 bits per heavy atom. The third-order valence-corrected chi connectivity index (χ3v) is 2.38. The van der Waals surface area contributed by atoms with E-state index in [-0.39, 0.29) is 0 Å².